The van der Waals surface area contributed by atoms with E-state index in [0.717, 1.165) is 24.3 Å². The van der Waals surface area contributed by atoms with E-state index >= 15 is 0 Å². The average molecular weight is 362 g/mol. The van der Waals surface area contributed by atoms with Crippen molar-refractivity contribution in [1.29, 1.82) is 0 Å². The lowest BCUT2D eigenvalue weighted by molar-refractivity contribution is -0.116. The van der Waals surface area contributed by atoms with Crippen molar-refractivity contribution in [2.45, 2.75) is 19.9 Å². The highest BCUT2D eigenvalue weighted by Crippen LogP contribution is 2.32. The number of hydrogen-bond donors (Lipinski definition) is 1. The molecule has 5 heteroatoms. The SMILES string of the molecule is Cc1cc2ccccc2n1CCCNC(=O)C=Cc1ccc2c(c1)OCO2. The van der Waals surface area contributed by atoms with Crippen LogP contribution in [0.25, 0.3) is 17.0 Å². The van der Waals surface area contributed by atoms with Crippen molar-refractivity contribution in [3.63, 3.8) is 0 Å². The molecule has 4 rings (SSSR count). The molecule has 1 aliphatic rings. The fourth-order valence-corrected chi connectivity index (χ4v) is 3.34. The number of rotatable bonds is 6. The molecule has 0 radical (unpaired) electrons. The molecular weight excluding hydrogens is 340 g/mol. The number of nitrogens with zero attached hydrogens (tertiary/aromatic N) is 1. The minimum atomic E-state index is -0.0956. The van der Waals surface area contributed by atoms with Gasteiger partial charge in [0.1, 0.15) is 0 Å². The molecule has 1 amide bonds. The second-order valence-corrected chi connectivity index (χ2v) is 6.59. The van der Waals surface area contributed by atoms with Crippen LogP contribution < -0.4 is 14.8 Å². The zero-order valence-electron chi connectivity index (χ0n) is 15.3. The van der Waals surface area contributed by atoms with E-state index in [1.807, 2.05) is 18.2 Å². The molecule has 0 unspecified atom stereocenters. The summed E-state index contributed by atoms with van der Waals surface area (Å²) in [5.74, 6) is 1.36. The summed E-state index contributed by atoms with van der Waals surface area (Å²) >= 11 is 0. The van der Waals surface area contributed by atoms with Gasteiger partial charge in [0, 0.05) is 30.4 Å². The van der Waals surface area contributed by atoms with Gasteiger partial charge in [-0.25, -0.2) is 0 Å². The molecule has 2 aromatic carbocycles. The standard InChI is InChI=1S/C22H22N2O3/c1-16-13-18-5-2-3-6-19(18)24(16)12-4-11-23-22(25)10-8-17-7-9-20-21(14-17)27-15-26-20/h2-3,5-10,13-14H,4,11-12,15H2,1H3,(H,23,25). The molecule has 0 spiro atoms. The summed E-state index contributed by atoms with van der Waals surface area (Å²) in [7, 11) is 0. The van der Waals surface area contributed by atoms with Gasteiger partial charge in [-0.2, -0.15) is 0 Å². The minimum absolute atomic E-state index is 0.0956. The van der Waals surface area contributed by atoms with Gasteiger partial charge in [0.05, 0.1) is 0 Å². The summed E-state index contributed by atoms with van der Waals surface area (Å²) in [5, 5.41) is 4.20. The molecule has 138 valence electrons. The maximum Gasteiger partial charge on any atom is 0.244 e. The lowest BCUT2D eigenvalue weighted by Gasteiger charge is -2.08. The number of para-hydroxylation sites is 1. The number of benzene rings is 2. The third kappa shape index (κ3) is 3.82. The highest BCUT2D eigenvalue weighted by molar-refractivity contribution is 5.91. The monoisotopic (exact) mass is 362 g/mol. The van der Waals surface area contributed by atoms with E-state index in [-0.39, 0.29) is 12.7 Å². The van der Waals surface area contributed by atoms with Crippen molar-refractivity contribution < 1.29 is 14.3 Å². The summed E-state index contributed by atoms with van der Waals surface area (Å²) in [4.78, 5) is 12.0. The molecule has 0 bridgehead atoms. The van der Waals surface area contributed by atoms with E-state index in [1.54, 1.807) is 12.2 Å². The van der Waals surface area contributed by atoms with E-state index in [9.17, 15) is 4.79 Å². The predicted octanol–water partition coefficient (Wildman–Crippen LogP) is 3.90. The van der Waals surface area contributed by atoms with E-state index in [2.05, 4.69) is 47.1 Å². The predicted molar refractivity (Wildman–Crippen MR) is 106 cm³/mol. The lowest BCUT2D eigenvalue weighted by atomic mass is 10.2. The van der Waals surface area contributed by atoms with Gasteiger partial charge in [0.25, 0.3) is 0 Å². The van der Waals surface area contributed by atoms with E-state index in [1.165, 1.54) is 16.6 Å². The average Bonchev–Trinajstić information content (AvgIpc) is 3.27. The maximum absolute atomic E-state index is 12.0. The van der Waals surface area contributed by atoms with Crippen molar-refractivity contribution in [1.82, 2.24) is 9.88 Å². The summed E-state index contributed by atoms with van der Waals surface area (Å²) in [6.07, 6.45) is 4.21. The Bertz CT molecular complexity index is 1000. The summed E-state index contributed by atoms with van der Waals surface area (Å²) in [6.45, 7) is 3.88. The van der Waals surface area contributed by atoms with Crippen LogP contribution in [0.3, 0.4) is 0 Å². The molecule has 2 heterocycles. The van der Waals surface area contributed by atoms with Crippen LogP contribution in [0.5, 0.6) is 11.5 Å². The topological polar surface area (TPSA) is 52.5 Å². The largest absolute Gasteiger partial charge is 0.454 e. The first-order valence-electron chi connectivity index (χ1n) is 9.11. The Morgan fingerprint density at radius 3 is 2.93 bits per heavy atom. The van der Waals surface area contributed by atoms with Gasteiger partial charge < -0.3 is 19.4 Å². The van der Waals surface area contributed by atoms with Crippen LogP contribution in [0.2, 0.25) is 0 Å². The Morgan fingerprint density at radius 2 is 2.00 bits per heavy atom. The van der Waals surface area contributed by atoms with Crippen molar-refractivity contribution in [3.8, 4) is 11.5 Å². The number of aryl methyl sites for hydroxylation is 2. The van der Waals surface area contributed by atoms with Gasteiger partial charge in [-0.15, -0.1) is 0 Å². The zero-order chi connectivity index (χ0) is 18.6. The molecule has 0 aliphatic carbocycles. The summed E-state index contributed by atoms with van der Waals surface area (Å²) in [6, 6.07) is 16.2. The van der Waals surface area contributed by atoms with Crippen molar-refractivity contribution >= 4 is 22.9 Å². The Morgan fingerprint density at radius 1 is 1.15 bits per heavy atom. The molecule has 3 aromatic rings. The van der Waals surface area contributed by atoms with Crippen molar-refractivity contribution in [3.05, 3.63) is 65.9 Å². The van der Waals surface area contributed by atoms with Crippen molar-refractivity contribution in [2.24, 2.45) is 0 Å². The number of amides is 1. The number of fused-ring (bicyclic) bond motifs is 2. The van der Waals surface area contributed by atoms with Crippen LogP contribution in [-0.4, -0.2) is 23.8 Å². The molecular formula is C22H22N2O3. The Balaban J connectivity index is 1.27. The van der Waals surface area contributed by atoms with Gasteiger partial charge in [-0.05, 0) is 54.6 Å². The van der Waals surface area contributed by atoms with Gasteiger partial charge in [-0.1, -0.05) is 24.3 Å². The fraction of sp³-hybridized carbons (Fsp3) is 0.227. The minimum Gasteiger partial charge on any atom is -0.454 e. The number of nitrogens with one attached hydrogen (secondary N) is 1. The first-order valence-corrected chi connectivity index (χ1v) is 9.11. The van der Waals surface area contributed by atoms with Crippen LogP contribution in [-0.2, 0) is 11.3 Å². The Labute approximate surface area is 158 Å². The lowest BCUT2D eigenvalue weighted by Crippen LogP contribution is -2.23. The number of aromatic nitrogens is 1. The highest BCUT2D eigenvalue weighted by atomic mass is 16.7. The Kier molecular flexibility index (Phi) is 4.83. The molecule has 1 N–H and O–H groups in total. The quantitative estimate of drug-likeness (QED) is 0.534. The number of ether oxygens (including phenoxy) is 2. The van der Waals surface area contributed by atoms with Crippen molar-refractivity contribution in [2.75, 3.05) is 13.3 Å². The first kappa shape index (κ1) is 17.2. The normalized spacial score (nSPS) is 12.8. The molecule has 0 atom stereocenters. The summed E-state index contributed by atoms with van der Waals surface area (Å²) < 4.78 is 12.9. The Hall–Kier alpha value is -3.21. The molecule has 0 saturated carbocycles. The van der Waals surface area contributed by atoms with Crippen LogP contribution >= 0.6 is 0 Å². The first-order chi connectivity index (χ1) is 13.2. The molecule has 0 saturated heterocycles. The molecule has 5 nitrogen and oxygen atoms in total. The van der Waals surface area contributed by atoms with Gasteiger partial charge >= 0.3 is 0 Å². The van der Waals surface area contributed by atoms with Crippen LogP contribution in [0.4, 0.5) is 0 Å². The maximum atomic E-state index is 12.0. The van der Waals surface area contributed by atoms with E-state index in [0.29, 0.717) is 12.3 Å². The zero-order valence-corrected chi connectivity index (χ0v) is 15.3. The number of carbonyl (C=O) groups excluding carboxylic acids is 1. The van der Waals surface area contributed by atoms with E-state index in [4.69, 9.17) is 9.47 Å². The highest BCUT2D eigenvalue weighted by Gasteiger charge is 2.12. The molecule has 0 fully saturated rings. The van der Waals surface area contributed by atoms with Crippen LogP contribution in [0, 0.1) is 6.92 Å². The van der Waals surface area contributed by atoms with Crippen LogP contribution in [0.15, 0.2) is 54.6 Å². The third-order valence-corrected chi connectivity index (χ3v) is 4.70. The van der Waals surface area contributed by atoms with Crippen LogP contribution in [0.1, 0.15) is 17.7 Å². The van der Waals surface area contributed by atoms with E-state index < -0.39 is 0 Å². The fourth-order valence-electron chi connectivity index (χ4n) is 3.34. The van der Waals surface area contributed by atoms with Gasteiger partial charge in [-0.3, -0.25) is 4.79 Å². The molecule has 1 aliphatic heterocycles. The van der Waals surface area contributed by atoms with Gasteiger partial charge in [0.15, 0.2) is 11.5 Å². The number of hydrogen-bond acceptors (Lipinski definition) is 3. The molecule has 27 heavy (non-hydrogen) atoms. The second-order valence-electron chi connectivity index (χ2n) is 6.59. The van der Waals surface area contributed by atoms with Gasteiger partial charge in [0.2, 0.25) is 12.7 Å². The third-order valence-electron chi connectivity index (χ3n) is 4.70. The number of carbonyl (C=O) groups is 1. The smallest absolute Gasteiger partial charge is 0.244 e. The second kappa shape index (κ2) is 7.58. The molecule has 1 aromatic heterocycles. The summed E-state index contributed by atoms with van der Waals surface area (Å²) in [5.41, 5.74) is 3.39.